The van der Waals surface area contributed by atoms with Gasteiger partial charge in [0.2, 0.25) is 0 Å². The Kier molecular flexibility index (Phi) is 2.92. The van der Waals surface area contributed by atoms with Crippen LogP contribution in [0.15, 0.2) is 11.0 Å². The van der Waals surface area contributed by atoms with Crippen LogP contribution in [0.5, 0.6) is 11.5 Å². The van der Waals surface area contributed by atoms with Crippen molar-refractivity contribution in [3.63, 3.8) is 0 Å². The summed E-state index contributed by atoms with van der Waals surface area (Å²) in [4.78, 5) is 13.3. The molecule has 0 unspecified atom stereocenters. The molecule has 0 saturated heterocycles. The molecule has 0 spiro atoms. The highest BCUT2D eigenvalue weighted by atomic mass is 19.4. The first-order valence-corrected chi connectivity index (χ1v) is 3.87. The maximum atomic E-state index is 12.0. The van der Waals surface area contributed by atoms with Crippen LogP contribution in [0.3, 0.4) is 0 Å². The zero-order chi connectivity index (χ0) is 11.6. The number of ether oxygens (including phenoxy) is 2. The smallest absolute Gasteiger partial charge is 0.491 e. The highest BCUT2D eigenvalue weighted by molar-refractivity contribution is 5.43. The van der Waals surface area contributed by atoms with Crippen LogP contribution >= 0.6 is 0 Å². The Balaban J connectivity index is 3.24. The van der Waals surface area contributed by atoms with Gasteiger partial charge in [0.15, 0.2) is 11.5 Å². The lowest BCUT2D eigenvalue weighted by Gasteiger charge is -2.13. The van der Waals surface area contributed by atoms with E-state index in [4.69, 9.17) is 0 Å². The Morgan fingerprint density at radius 1 is 1.40 bits per heavy atom. The van der Waals surface area contributed by atoms with Gasteiger partial charge in [-0.2, -0.15) is 0 Å². The summed E-state index contributed by atoms with van der Waals surface area (Å²) in [6.45, 7) is 1.21. The van der Waals surface area contributed by atoms with Gasteiger partial charge in [0.1, 0.15) is 0 Å². The molecule has 0 bridgehead atoms. The van der Waals surface area contributed by atoms with E-state index in [1.165, 1.54) is 14.0 Å². The van der Waals surface area contributed by atoms with Crippen LogP contribution in [0.1, 0.15) is 5.56 Å². The number of rotatable bonds is 2. The molecule has 1 aromatic heterocycles. The predicted molar refractivity (Wildman–Crippen MR) is 45.0 cm³/mol. The van der Waals surface area contributed by atoms with Crippen LogP contribution in [-0.2, 0) is 0 Å². The van der Waals surface area contributed by atoms with Gasteiger partial charge in [-0.05, 0) is 6.92 Å². The molecular formula is C8H8F3NO3. The minimum atomic E-state index is -4.86. The van der Waals surface area contributed by atoms with Crippen molar-refractivity contribution < 1.29 is 22.6 Å². The van der Waals surface area contributed by atoms with Crippen molar-refractivity contribution in [1.82, 2.24) is 4.98 Å². The third-order valence-electron chi connectivity index (χ3n) is 1.68. The first kappa shape index (κ1) is 11.4. The Bertz CT molecular complexity index is 411. The second-order valence-corrected chi connectivity index (χ2v) is 2.69. The van der Waals surface area contributed by atoms with Gasteiger partial charge in [0.05, 0.1) is 18.9 Å². The summed E-state index contributed by atoms with van der Waals surface area (Å²) in [6.07, 6.45) is -3.84. The molecule has 4 nitrogen and oxygen atoms in total. The number of aromatic nitrogens is 1. The van der Waals surface area contributed by atoms with E-state index in [-0.39, 0.29) is 11.3 Å². The number of pyridine rings is 1. The van der Waals surface area contributed by atoms with Crippen LogP contribution in [0.2, 0.25) is 0 Å². The largest absolute Gasteiger partial charge is 0.573 e. The van der Waals surface area contributed by atoms with E-state index in [1.807, 2.05) is 0 Å². The standard InChI is InChI=1S/C8H8F3NO3/c1-4-6(15-8(9,10)11)5(14-2)3-12-7(4)13/h3H,1-2H3,(H,12,13). The number of hydrogen-bond donors (Lipinski definition) is 1. The SMILES string of the molecule is COc1c[nH]c(=O)c(C)c1OC(F)(F)F. The summed E-state index contributed by atoms with van der Waals surface area (Å²) in [7, 11) is 1.18. The van der Waals surface area contributed by atoms with Gasteiger partial charge in [-0.1, -0.05) is 0 Å². The molecule has 0 aliphatic heterocycles. The summed E-state index contributed by atoms with van der Waals surface area (Å²) in [5.74, 6) is -0.793. The van der Waals surface area contributed by atoms with Crippen LogP contribution in [0, 0.1) is 6.92 Å². The van der Waals surface area contributed by atoms with E-state index in [0.717, 1.165) is 6.20 Å². The molecule has 0 aliphatic carbocycles. The Morgan fingerprint density at radius 2 is 2.00 bits per heavy atom. The van der Waals surface area contributed by atoms with Gasteiger partial charge in [-0.15, -0.1) is 13.2 Å². The molecule has 84 valence electrons. The van der Waals surface area contributed by atoms with E-state index >= 15 is 0 Å². The number of hydrogen-bond acceptors (Lipinski definition) is 3. The third kappa shape index (κ3) is 2.64. The molecule has 1 heterocycles. The zero-order valence-corrected chi connectivity index (χ0v) is 7.94. The summed E-state index contributed by atoms with van der Waals surface area (Å²) in [5.41, 5.74) is -0.846. The average molecular weight is 223 g/mol. The van der Waals surface area contributed by atoms with Gasteiger partial charge in [-0.3, -0.25) is 4.79 Å². The lowest BCUT2D eigenvalue weighted by atomic mass is 10.3. The normalized spacial score (nSPS) is 11.3. The third-order valence-corrected chi connectivity index (χ3v) is 1.68. The average Bonchev–Trinajstić information content (AvgIpc) is 2.11. The number of nitrogens with one attached hydrogen (secondary N) is 1. The lowest BCUT2D eigenvalue weighted by Crippen LogP contribution is -2.21. The Morgan fingerprint density at radius 3 is 2.47 bits per heavy atom. The second kappa shape index (κ2) is 3.84. The monoisotopic (exact) mass is 223 g/mol. The Hall–Kier alpha value is -1.66. The predicted octanol–water partition coefficient (Wildman–Crippen LogP) is 1.59. The van der Waals surface area contributed by atoms with E-state index in [2.05, 4.69) is 14.5 Å². The fraction of sp³-hybridized carbons (Fsp3) is 0.375. The molecule has 7 heteroatoms. The number of methoxy groups -OCH3 is 1. The maximum absolute atomic E-state index is 12.0. The van der Waals surface area contributed by atoms with Gasteiger partial charge >= 0.3 is 6.36 Å². The Labute approximate surface area is 82.6 Å². The van der Waals surface area contributed by atoms with Crippen LogP contribution in [0.25, 0.3) is 0 Å². The fourth-order valence-electron chi connectivity index (χ4n) is 0.987. The molecule has 1 N–H and O–H groups in total. The summed E-state index contributed by atoms with van der Waals surface area (Å²) in [6, 6.07) is 0. The summed E-state index contributed by atoms with van der Waals surface area (Å²) < 4.78 is 44.3. The van der Waals surface area contributed by atoms with Gasteiger partial charge in [-0.25, -0.2) is 0 Å². The van der Waals surface area contributed by atoms with Gasteiger partial charge < -0.3 is 14.5 Å². The first-order valence-electron chi connectivity index (χ1n) is 3.87. The summed E-state index contributed by atoms with van der Waals surface area (Å²) in [5, 5.41) is 0. The number of halogens is 3. The van der Waals surface area contributed by atoms with Gasteiger partial charge in [0, 0.05) is 0 Å². The molecule has 0 fully saturated rings. The van der Waals surface area contributed by atoms with Crippen LogP contribution in [-0.4, -0.2) is 18.5 Å². The van der Waals surface area contributed by atoms with Crippen molar-refractivity contribution >= 4 is 0 Å². The quantitative estimate of drug-likeness (QED) is 0.828. The topological polar surface area (TPSA) is 51.3 Å². The van der Waals surface area contributed by atoms with Crippen LogP contribution in [0.4, 0.5) is 13.2 Å². The zero-order valence-electron chi connectivity index (χ0n) is 7.94. The molecule has 0 aliphatic rings. The van der Waals surface area contributed by atoms with E-state index in [0.29, 0.717) is 0 Å². The highest BCUT2D eigenvalue weighted by Crippen LogP contribution is 2.32. The molecule has 1 rings (SSSR count). The summed E-state index contributed by atoms with van der Waals surface area (Å²) >= 11 is 0. The fourth-order valence-corrected chi connectivity index (χ4v) is 0.987. The van der Waals surface area contributed by atoms with Gasteiger partial charge in [0.25, 0.3) is 5.56 Å². The lowest BCUT2D eigenvalue weighted by molar-refractivity contribution is -0.275. The number of alkyl halides is 3. The van der Waals surface area contributed by atoms with E-state index in [9.17, 15) is 18.0 Å². The maximum Gasteiger partial charge on any atom is 0.573 e. The van der Waals surface area contributed by atoms with Crippen molar-refractivity contribution in [3.8, 4) is 11.5 Å². The van der Waals surface area contributed by atoms with Crippen molar-refractivity contribution in [2.75, 3.05) is 7.11 Å². The van der Waals surface area contributed by atoms with Crippen molar-refractivity contribution in [2.24, 2.45) is 0 Å². The molecule has 0 amide bonds. The molecule has 15 heavy (non-hydrogen) atoms. The second-order valence-electron chi connectivity index (χ2n) is 2.69. The van der Waals surface area contributed by atoms with Crippen LogP contribution < -0.4 is 15.0 Å². The molecule has 0 aromatic carbocycles. The minimum Gasteiger partial charge on any atom is -0.491 e. The number of aromatic amines is 1. The van der Waals surface area contributed by atoms with Crippen molar-refractivity contribution in [3.05, 3.63) is 22.1 Å². The van der Waals surface area contributed by atoms with Crippen molar-refractivity contribution in [2.45, 2.75) is 13.3 Å². The van der Waals surface area contributed by atoms with E-state index < -0.39 is 17.7 Å². The molecule has 0 radical (unpaired) electrons. The number of H-pyrrole nitrogens is 1. The van der Waals surface area contributed by atoms with E-state index in [1.54, 1.807) is 0 Å². The molecule has 0 atom stereocenters. The molecule has 0 saturated carbocycles. The molecular weight excluding hydrogens is 215 g/mol. The van der Waals surface area contributed by atoms with Crippen molar-refractivity contribution in [1.29, 1.82) is 0 Å². The highest BCUT2D eigenvalue weighted by Gasteiger charge is 2.33. The minimum absolute atomic E-state index is 0.176. The first-order chi connectivity index (χ1) is 6.85. The molecule has 1 aromatic rings.